The van der Waals surface area contributed by atoms with E-state index in [0.29, 0.717) is 0 Å². The van der Waals surface area contributed by atoms with Crippen LogP contribution < -0.4 is 0 Å². The summed E-state index contributed by atoms with van der Waals surface area (Å²) < 4.78 is 1.31. The molecule has 0 atom stereocenters. The fourth-order valence-electron chi connectivity index (χ4n) is 1.32. The molecule has 0 nitrogen and oxygen atoms in total. The molecule has 0 spiro atoms. The zero-order valence-electron chi connectivity index (χ0n) is 9.18. The molecule has 0 unspecified atom stereocenters. The summed E-state index contributed by atoms with van der Waals surface area (Å²) in [5.74, 6) is 0. The van der Waals surface area contributed by atoms with Gasteiger partial charge >= 0.3 is 0 Å². The van der Waals surface area contributed by atoms with Crippen LogP contribution >= 0.6 is 22.6 Å². The molecule has 0 heterocycles. The van der Waals surface area contributed by atoms with E-state index >= 15 is 0 Å². The van der Waals surface area contributed by atoms with Crippen molar-refractivity contribution in [3.8, 4) is 0 Å². The summed E-state index contributed by atoms with van der Waals surface area (Å²) in [7, 11) is 0. The van der Waals surface area contributed by atoms with Gasteiger partial charge in [0, 0.05) is 0 Å². The molecule has 14 heavy (non-hydrogen) atoms. The predicted octanol–water partition coefficient (Wildman–Crippen LogP) is 5.28. The van der Waals surface area contributed by atoms with Gasteiger partial charge in [-0.05, 0) is 49.4 Å². The molecule has 0 N–H and O–H groups in total. The van der Waals surface area contributed by atoms with E-state index in [2.05, 4.69) is 41.3 Å². The third-order valence-electron chi connectivity index (χ3n) is 2.20. The summed E-state index contributed by atoms with van der Waals surface area (Å²) in [6, 6.07) is 0. The van der Waals surface area contributed by atoms with E-state index in [1.54, 1.807) is 0 Å². The molecule has 0 bridgehead atoms. The van der Waals surface area contributed by atoms with Crippen molar-refractivity contribution in [1.29, 1.82) is 0 Å². The van der Waals surface area contributed by atoms with E-state index in [4.69, 9.17) is 0 Å². The Hall–Kier alpha value is 0.210. The van der Waals surface area contributed by atoms with E-state index in [1.807, 2.05) is 6.08 Å². The van der Waals surface area contributed by atoms with Crippen LogP contribution in [0.1, 0.15) is 51.4 Å². The van der Waals surface area contributed by atoms with Crippen LogP contribution in [0.15, 0.2) is 24.8 Å². The Morgan fingerprint density at radius 3 is 1.93 bits per heavy atom. The van der Waals surface area contributed by atoms with Gasteiger partial charge in [-0.3, -0.25) is 0 Å². The topological polar surface area (TPSA) is 0 Å². The van der Waals surface area contributed by atoms with Gasteiger partial charge in [0.15, 0.2) is 0 Å². The van der Waals surface area contributed by atoms with Gasteiger partial charge in [0.05, 0.1) is 0 Å². The largest absolute Gasteiger partial charge is 0.103 e. The van der Waals surface area contributed by atoms with Crippen LogP contribution in [0.25, 0.3) is 0 Å². The highest BCUT2D eigenvalue weighted by Crippen LogP contribution is 2.05. The molecule has 0 aliphatic carbocycles. The first-order valence-electron chi connectivity index (χ1n) is 5.73. The van der Waals surface area contributed by atoms with Crippen molar-refractivity contribution in [2.24, 2.45) is 0 Å². The van der Waals surface area contributed by atoms with E-state index in [-0.39, 0.29) is 0 Å². The summed E-state index contributed by atoms with van der Waals surface area (Å²) in [5.41, 5.74) is 0. The molecular formula is C13H23I. The quantitative estimate of drug-likeness (QED) is 0.223. The molecule has 0 aliphatic rings. The van der Waals surface area contributed by atoms with Crippen LogP contribution in [-0.4, -0.2) is 4.43 Å². The third-order valence-corrected chi connectivity index (χ3v) is 2.96. The molecule has 0 saturated carbocycles. The van der Waals surface area contributed by atoms with Gasteiger partial charge in [0.1, 0.15) is 0 Å². The highest BCUT2D eigenvalue weighted by Gasteiger charge is 1.85. The lowest BCUT2D eigenvalue weighted by Crippen LogP contribution is -1.76. The van der Waals surface area contributed by atoms with Gasteiger partial charge in [-0.1, -0.05) is 47.2 Å². The van der Waals surface area contributed by atoms with Gasteiger partial charge in [-0.15, -0.1) is 6.58 Å². The van der Waals surface area contributed by atoms with E-state index in [1.165, 1.54) is 55.8 Å². The first-order chi connectivity index (χ1) is 6.91. The predicted molar refractivity (Wildman–Crippen MR) is 75.2 cm³/mol. The molecule has 0 saturated heterocycles. The van der Waals surface area contributed by atoms with Crippen molar-refractivity contribution in [1.82, 2.24) is 0 Å². The second kappa shape index (κ2) is 13.2. The Kier molecular flexibility index (Phi) is 13.4. The van der Waals surface area contributed by atoms with Gasteiger partial charge in [-0.25, -0.2) is 0 Å². The van der Waals surface area contributed by atoms with Gasteiger partial charge in [0.2, 0.25) is 0 Å². The summed E-state index contributed by atoms with van der Waals surface area (Å²) in [5, 5.41) is 0. The molecule has 0 fully saturated rings. The third kappa shape index (κ3) is 12.2. The Morgan fingerprint density at radius 2 is 1.36 bits per heavy atom. The first kappa shape index (κ1) is 14.2. The molecule has 0 aromatic rings. The molecule has 0 aromatic heterocycles. The fraction of sp³-hybridized carbons (Fsp3) is 0.692. The molecule has 82 valence electrons. The monoisotopic (exact) mass is 306 g/mol. The number of hydrogen-bond donors (Lipinski definition) is 0. The Balaban J connectivity index is 2.99. The van der Waals surface area contributed by atoms with Crippen molar-refractivity contribution in [2.75, 3.05) is 4.43 Å². The first-order valence-corrected chi connectivity index (χ1v) is 7.26. The van der Waals surface area contributed by atoms with Gasteiger partial charge in [0.25, 0.3) is 0 Å². The number of halogens is 1. The summed E-state index contributed by atoms with van der Waals surface area (Å²) >= 11 is 2.45. The van der Waals surface area contributed by atoms with Crippen molar-refractivity contribution >= 4 is 22.6 Å². The number of hydrogen-bond acceptors (Lipinski definition) is 0. The molecule has 0 amide bonds. The number of rotatable bonds is 10. The van der Waals surface area contributed by atoms with Gasteiger partial charge < -0.3 is 0 Å². The average Bonchev–Trinajstić information content (AvgIpc) is 2.21. The zero-order valence-corrected chi connectivity index (χ0v) is 11.3. The van der Waals surface area contributed by atoms with Crippen LogP contribution in [0, 0.1) is 0 Å². The second-order valence-corrected chi connectivity index (χ2v) is 4.66. The molecule has 0 radical (unpaired) electrons. The summed E-state index contributed by atoms with van der Waals surface area (Å²) in [4.78, 5) is 0. The lowest BCUT2D eigenvalue weighted by molar-refractivity contribution is 0.731. The minimum atomic E-state index is 1.17. The van der Waals surface area contributed by atoms with Crippen LogP contribution in [0.5, 0.6) is 0 Å². The average molecular weight is 306 g/mol. The van der Waals surface area contributed by atoms with Crippen LogP contribution in [0.2, 0.25) is 0 Å². The molecule has 0 rings (SSSR count). The SMILES string of the molecule is C=CCCCCC=CCCCCCI. The molecule has 1 heteroatoms. The van der Waals surface area contributed by atoms with Crippen LogP contribution in [-0.2, 0) is 0 Å². The Labute approximate surface area is 103 Å². The minimum absolute atomic E-state index is 1.17. The highest BCUT2D eigenvalue weighted by atomic mass is 127. The van der Waals surface area contributed by atoms with Crippen molar-refractivity contribution in [2.45, 2.75) is 51.4 Å². The van der Waals surface area contributed by atoms with Crippen molar-refractivity contribution in [3.63, 3.8) is 0 Å². The Morgan fingerprint density at radius 1 is 0.786 bits per heavy atom. The number of allylic oxidation sites excluding steroid dienone is 3. The van der Waals surface area contributed by atoms with E-state index in [0.717, 1.165) is 0 Å². The highest BCUT2D eigenvalue weighted by molar-refractivity contribution is 14.1. The summed E-state index contributed by atoms with van der Waals surface area (Å²) in [6.07, 6.45) is 17.1. The molecular weight excluding hydrogens is 283 g/mol. The number of alkyl halides is 1. The van der Waals surface area contributed by atoms with Crippen LogP contribution in [0.4, 0.5) is 0 Å². The second-order valence-electron chi connectivity index (χ2n) is 3.58. The maximum Gasteiger partial charge on any atom is -0.000473 e. The Bertz CT molecular complexity index is 138. The van der Waals surface area contributed by atoms with Crippen molar-refractivity contribution in [3.05, 3.63) is 24.8 Å². The lowest BCUT2D eigenvalue weighted by Gasteiger charge is -1.94. The lowest BCUT2D eigenvalue weighted by atomic mass is 10.1. The summed E-state index contributed by atoms with van der Waals surface area (Å²) in [6.45, 7) is 3.72. The normalized spacial score (nSPS) is 10.9. The maximum atomic E-state index is 3.72. The fourth-order valence-corrected chi connectivity index (χ4v) is 1.86. The van der Waals surface area contributed by atoms with Crippen LogP contribution in [0.3, 0.4) is 0 Å². The number of unbranched alkanes of at least 4 members (excludes halogenated alkanes) is 6. The molecule has 0 aliphatic heterocycles. The maximum absolute atomic E-state index is 3.72. The minimum Gasteiger partial charge on any atom is -0.103 e. The van der Waals surface area contributed by atoms with Gasteiger partial charge in [-0.2, -0.15) is 0 Å². The zero-order chi connectivity index (χ0) is 10.5. The standard InChI is InChI=1S/C13H23I/c1-2-3-4-5-6-7-8-9-10-11-12-13-14/h2,7-8H,1,3-6,9-13H2. The van der Waals surface area contributed by atoms with E-state index < -0.39 is 0 Å². The van der Waals surface area contributed by atoms with Crippen molar-refractivity contribution < 1.29 is 0 Å². The smallest absolute Gasteiger partial charge is 0.000473 e. The molecule has 0 aromatic carbocycles. The van der Waals surface area contributed by atoms with E-state index in [9.17, 15) is 0 Å².